The third kappa shape index (κ3) is 21.0. The summed E-state index contributed by atoms with van der Waals surface area (Å²) in [4.78, 5) is 21.1. The number of aliphatic carboxylic acids is 1. The van der Waals surface area contributed by atoms with Crippen molar-refractivity contribution in [3.8, 4) is 0 Å². The second-order valence-corrected chi connectivity index (χ2v) is 8.06. The summed E-state index contributed by atoms with van der Waals surface area (Å²) < 4.78 is 0. The van der Waals surface area contributed by atoms with E-state index in [0.717, 1.165) is 44.9 Å². The standard InChI is InChI=1S/C23H43NO3/c1-21(2)19-22(20-23(26)27)24-17-15-13-11-9-7-5-3-4-6-8-10-12-14-16-18-25/h4,6,18,21-22,24H,3,5,7-17,19-20H2,1-2H3,(H,26,27)/b6-4-/t22-/m1/s1. The minimum Gasteiger partial charge on any atom is -0.481 e. The van der Waals surface area contributed by atoms with E-state index in [4.69, 9.17) is 5.11 Å². The summed E-state index contributed by atoms with van der Waals surface area (Å²) in [5.74, 6) is -0.182. The van der Waals surface area contributed by atoms with Gasteiger partial charge in [-0.05, 0) is 57.4 Å². The maximum Gasteiger partial charge on any atom is 0.304 e. The first-order chi connectivity index (χ1) is 13.1. The highest BCUT2D eigenvalue weighted by molar-refractivity contribution is 5.67. The molecule has 0 aliphatic carbocycles. The number of hydrogen-bond donors (Lipinski definition) is 2. The van der Waals surface area contributed by atoms with E-state index in [2.05, 4.69) is 31.3 Å². The molecule has 0 aromatic rings. The van der Waals surface area contributed by atoms with Crippen molar-refractivity contribution in [3.05, 3.63) is 12.2 Å². The lowest BCUT2D eigenvalue weighted by Gasteiger charge is -2.18. The molecule has 0 aromatic carbocycles. The molecule has 0 spiro atoms. The van der Waals surface area contributed by atoms with Crippen LogP contribution < -0.4 is 5.32 Å². The Balaban J connectivity index is 3.40. The van der Waals surface area contributed by atoms with Crippen molar-refractivity contribution in [2.24, 2.45) is 5.92 Å². The van der Waals surface area contributed by atoms with Crippen LogP contribution in [-0.4, -0.2) is 29.9 Å². The Kier molecular flexibility index (Phi) is 18.8. The van der Waals surface area contributed by atoms with E-state index in [9.17, 15) is 9.59 Å². The lowest BCUT2D eigenvalue weighted by atomic mass is 10.0. The molecule has 158 valence electrons. The zero-order valence-electron chi connectivity index (χ0n) is 17.8. The summed E-state index contributed by atoms with van der Waals surface area (Å²) in [7, 11) is 0. The number of carbonyl (C=O) groups excluding carboxylic acids is 1. The molecule has 0 aromatic heterocycles. The van der Waals surface area contributed by atoms with E-state index in [1.165, 1.54) is 44.9 Å². The van der Waals surface area contributed by atoms with Crippen LogP contribution in [0.5, 0.6) is 0 Å². The number of carboxylic acid groups (broad SMARTS) is 1. The topological polar surface area (TPSA) is 66.4 Å². The Labute approximate surface area is 167 Å². The van der Waals surface area contributed by atoms with Crippen molar-refractivity contribution in [2.75, 3.05) is 6.54 Å². The van der Waals surface area contributed by atoms with Crippen LogP contribution in [0.25, 0.3) is 0 Å². The minimum absolute atomic E-state index is 0.110. The van der Waals surface area contributed by atoms with Gasteiger partial charge in [-0.3, -0.25) is 4.79 Å². The van der Waals surface area contributed by atoms with Gasteiger partial charge >= 0.3 is 5.97 Å². The van der Waals surface area contributed by atoms with Crippen LogP contribution in [0.3, 0.4) is 0 Å². The van der Waals surface area contributed by atoms with Crippen molar-refractivity contribution in [1.82, 2.24) is 5.32 Å². The monoisotopic (exact) mass is 381 g/mol. The van der Waals surface area contributed by atoms with Crippen molar-refractivity contribution in [2.45, 2.75) is 110 Å². The van der Waals surface area contributed by atoms with Gasteiger partial charge in [0.2, 0.25) is 0 Å². The largest absolute Gasteiger partial charge is 0.481 e. The second kappa shape index (κ2) is 19.6. The van der Waals surface area contributed by atoms with E-state index in [1.807, 2.05) is 0 Å². The van der Waals surface area contributed by atoms with Crippen LogP contribution in [0, 0.1) is 5.92 Å². The number of unbranched alkanes of at least 4 members (excludes halogenated alkanes) is 10. The first kappa shape index (κ1) is 25.8. The van der Waals surface area contributed by atoms with Gasteiger partial charge in [-0.25, -0.2) is 0 Å². The first-order valence-electron chi connectivity index (χ1n) is 11.1. The zero-order chi connectivity index (χ0) is 20.2. The predicted octanol–water partition coefficient (Wildman–Crippen LogP) is 5.90. The van der Waals surface area contributed by atoms with Crippen LogP contribution in [0.15, 0.2) is 12.2 Å². The van der Waals surface area contributed by atoms with E-state index in [-0.39, 0.29) is 12.5 Å². The van der Waals surface area contributed by atoms with Crippen LogP contribution in [-0.2, 0) is 9.59 Å². The molecule has 4 nitrogen and oxygen atoms in total. The van der Waals surface area contributed by atoms with Gasteiger partial charge in [0.1, 0.15) is 6.29 Å². The highest BCUT2D eigenvalue weighted by atomic mass is 16.4. The Morgan fingerprint density at radius 2 is 1.37 bits per heavy atom. The van der Waals surface area contributed by atoms with E-state index >= 15 is 0 Å². The van der Waals surface area contributed by atoms with Gasteiger partial charge < -0.3 is 15.2 Å². The number of carboxylic acids is 1. The van der Waals surface area contributed by atoms with Crippen LogP contribution in [0.4, 0.5) is 0 Å². The van der Waals surface area contributed by atoms with E-state index in [1.54, 1.807) is 0 Å². The Morgan fingerprint density at radius 3 is 1.93 bits per heavy atom. The number of aldehydes is 1. The van der Waals surface area contributed by atoms with Crippen molar-refractivity contribution in [1.29, 1.82) is 0 Å². The average Bonchev–Trinajstić information content (AvgIpc) is 2.60. The molecule has 0 amide bonds. The number of nitrogens with one attached hydrogen (secondary N) is 1. The molecule has 0 heterocycles. The third-order valence-electron chi connectivity index (χ3n) is 4.77. The van der Waals surface area contributed by atoms with E-state index in [0.29, 0.717) is 12.3 Å². The number of rotatable bonds is 20. The Hall–Kier alpha value is -1.16. The maximum atomic E-state index is 10.9. The van der Waals surface area contributed by atoms with Crippen molar-refractivity contribution in [3.63, 3.8) is 0 Å². The third-order valence-corrected chi connectivity index (χ3v) is 4.77. The molecule has 4 heteroatoms. The van der Waals surface area contributed by atoms with E-state index < -0.39 is 5.97 Å². The summed E-state index contributed by atoms with van der Waals surface area (Å²) in [5, 5.41) is 12.4. The molecule has 0 fully saturated rings. The molecular formula is C23H43NO3. The molecule has 0 aliphatic rings. The maximum absolute atomic E-state index is 10.9. The average molecular weight is 382 g/mol. The normalized spacial score (nSPS) is 12.7. The lowest BCUT2D eigenvalue weighted by Crippen LogP contribution is -2.33. The highest BCUT2D eigenvalue weighted by Crippen LogP contribution is 2.10. The molecule has 0 aliphatic heterocycles. The molecule has 0 radical (unpaired) electrons. The summed E-state index contributed by atoms with van der Waals surface area (Å²) in [6.07, 6.45) is 20.7. The number of allylic oxidation sites excluding steroid dienone is 2. The fourth-order valence-electron chi connectivity index (χ4n) is 3.32. The molecule has 1 atom stereocenters. The number of hydrogen-bond acceptors (Lipinski definition) is 3. The smallest absolute Gasteiger partial charge is 0.304 e. The second-order valence-electron chi connectivity index (χ2n) is 8.06. The van der Waals surface area contributed by atoms with Crippen LogP contribution in [0.2, 0.25) is 0 Å². The lowest BCUT2D eigenvalue weighted by molar-refractivity contribution is -0.137. The van der Waals surface area contributed by atoms with Gasteiger partial charge in [0.05, 0.1) is 6.42 Å². The fraction of sp³-hybridized carbons (Fsp3) is 0.826. The zero-order valence-corrected chi connectivity index (χ0v) is 17.8. The van der Waals surface area contributed by atoms with Crippen LogP contribution in [0.1, 0.15) is 104 Å². The summed E-state index contributed by atoms with van der Waals surface area (Å²) >= 11 is 0. The molecular weight excluding hydrogens is 338 g/mol. The first-order valence-corrected chi connectivity index (χ1v) is 11.1. The fourth-order valence-corrected chi connectivity index (χ4v) is 3.32. The van der Waals surface area contributed by atoms with Gasteiger partial charge in [-0.15, -0.1) is 0 Å². The van der Waals surface area contributed by atoms with Crippen molar-refractivity contribution >= 4 is 12.3 Å². The molecule has 0 saturated carbocycles. The summed E-state index contributed by atoms with van der Waals surface area (Å²) in [6.45, 7) is 5.21. The van der Waals surface area contributed by atoms with Gasteiger partial charge in [-0.1, -0.05) is 58.1 Å². The SMILES string of the molecule is CC(C)C[C@H](CC(=O)O)NCCCCCCCC/C=C\CCCCCC=O. The Bertz CT molecular complexity index is 380. The molecule has 27 heavy (non-hydrogen) atoms. The Morgan fingerprint density at radius 1 is 0.852 bits per heavy atom. The van der Waals surface area contributed by atoms with Gasteiger partial charge in [0.15, 0.2) is 0 Å². The quantitative estimate of drug-likeness (QED) is 0.156. The predicted molar refractivity (Wildman–Crippen MR) is 114 cm³/mol. The highest BCUT2D eigenvalue weighted by Gasteiger charge is 2.13. The van der Waals surface area contributed by atoms with Gasteiger partial charge in [0, 0.05) is 12.5 Å². The van der Waals surface area contributed by atoms with Crippen LogP contribution >= 0.6 is 0 Å². The molecule has 0 bridgehead atoms. The summed E-state index contributed by atoms with van der Waals surface area (Å²) in [6, 6.07) is 0.110. The van der Waals surface area contributed by atoms with Gasteiger partial charge in [0.25, 0.3) is 0 Å². The molecule has 0 unspecified atom stereocenters. The van der Waals surface area contributed by atoms with Gasteiger partial charge in [-0.2, -0.15) is 0 Å². The number of carbonyl (C=O) groups is 2. The summed E-state index contributed by atoms with van der Waals surface area (Å²) in [5.41, 5.74) is 0. The van der Waals surface area contributed by atoms with Crippen molar-refractivity contribution < 1.29 is 14.7 Å². The minimum atomic E-state index is -0.708. The molecule has 0 saturated heterocycles. The molecule has 0 rings (SSSR count). The molecule has 2 N–H and O–H groups in total.